The van der Waals surface area contributed by atoms with E-state index in [1.54, 1.807) is 0 Å². The van der Waals surface area contributed by atoms with E-state index in [0.717, 1.165) is 6.42 Å². The third kappa shape index (κ3) is 1.78. The normalized spacial score (nSPS) is 28.7. The molecule has 0 aromatic heterocycles. The predicted octanol–water partition coefficient (Wildman–Crippen LogP) is 1.98. The van der Waals surface area contributed by atoms with Gasteiger partial charge >= 0.3 is 5.97 Å². The van der Waals surface area contributed by atoms with Gasteiger partial charge in [0.05, 0.1) is 12.0 Å². The van der Waals surface area contributed by atoms with E-state index in [0.29, 0.717) is 0 Å². The van der Waals surface area contributed by atoms with Crippen molar-refractivity contribution in [1.29, 1.82) is 0 Å². The molecule has 0 heterocycles. The molecule has 0 amide bonds. The van der Waals surface area contributed by atoms with Gasteiger partial charge < -0.3 is 9.84 Å². The van der Waals surface area contributed by atoms with Crippen LogP contribution >= 0.6 is 0 Å². The van der Waals surface area contributed by atoms with Crippen molar-refractivity contribution in [3.8, 4) is 0 Å². The summed E-state index contributed by atoms with van der Waals surface area (Å²) < 4.78 is 5.09. The number of aliphatic hydroxyl groups excluding tert-OH is 1. The first-order valence-corrected chi connectivity index (χ1v) is 5.47. The molecule has 1 rings (SSSR count). The Morgan fingerprint density at radius 2 is 1.87 bits per heavy atom. The molecule has 0 bridgehead atoms. The first kappa shape index (κ1) is 12.5. The van der Waals surface area contributed by atoms with Gasteiger partial charge in [0, 0.05) is 0 Å². The van der Waals surface area contributed by atoms with E-state index < -0.39 is 0 Å². The van der Waals surface area contributed by atoms with E-state index in [9.17, 15) is 4.79 Å². The number of hydrogen-bond donors (Lipinski definition) is 1. The zero-order valence-corrected chi connectivity index (χ0v) is 10.4. The molecule has 1 aliphatic carbocycles. The van der Waals surface area contributed by atoms with Crippen LogP contribution in [-0.2, 0) is 9.53 Å². The molecule has 0 aromatic carbocycles. The Morgan fingerprint density at radius 3 is 2.13 bits per heavy atom. The molecule has 0 aromatic rings. The van der Waals surface area contributed by atoms with Crippen molar-refractivity contribution in [3.05, 3.63) is 0 Å². The molecule has 0 saturated heterocycles. The summed E-state index contributed by atoms with van der Waals surface area (Å²) in [7, 11) is 0. The van der Waals surface area contributed by atoms with Crippen molar-refractivity contribution >= 4 is 5.97 Å². The van der Waals surface area contributed by atoms with Gasteiger partial charge in [0.25, 0.3) is 0 Å². The lowest BCUT2D eigenvalue weighted by molar-refractivity contribution is -0.158. The Bertz CT molecular complexity index is 263. The first-order valence-electron chi connectivity index (χ1n) is 5.47. The van der Waals surface area contributed by atoms with Crippen molar-refractivity contribution in [2.24, 2.45) is 16.2 Å². The summed E-state index contributed by atoms with van der Waals surface area (Å²) in [6.07, 6.45) is 0.869. The minimum absolute atomic E-state index is 0.0117. The second kappa shape index (κ2) is 3.48. The number of carbonyl (C=O) groups is 1. The zero-order chi connectivity index (χ0) is 11.9. The van der Waals surface area contributed by atoms with Crippen LogP contribution in [0, 0.1) is 16.2 Å². The summed E-state index contributed by atoms with van der Waals surface area (Å²) in [5.41, 5.74) is -0.462. The van der Waals surface area contributed by atoms with Crippen LogP contribution in [0.3, 0.4) is 0 Å². The Morgan fingerprint density at radius 1 is 1.40 bits per heavy atom. The van der Waals surface area contributed by atoms with Crippen LogP contribution in [0.5, 0.6) is 0 Å². The Kier molecular flexibility index (Phi) is 2.90. The van der Waals surface area contributed by atoms with Crippen LogP contribution in [-0.4, -0.2) is 24.3 Å². The molecule has 3 heteroatoms. The van der Waals surface area contributed by atoms with E-state index in [1.165, 1.54) is 0 Å². The van der Waals surface area contributed by atoms with Crippen molar-refractivity contribution in [2.75, 3.05) is 13.2 Å². The van der Waals surface area contributed by atoms with E-state index in [4.69, 9.17) is 9.84 Å². The maximum absolute atomic E-state index is 12.0. The minimum Gasteiger partial charge on any atom is -0.463 e. The van der Waals surface area contributed by atoms with Gasteiger partial charge in [-0.25, -0.2) is 0 Å². The zero-order valence-electron chi connectivity index (χ0n) is 10.4. The molecule has 1 saturated carbocycles. The number of aliphatic hydroxyl groups is 1. The standard InChI is InChI=1S/C12H22O3/c1-10(2,3)12(8-11(12,4)5)9(14)15-7-6-13/h13H,6-8H2,1-5H3. The largest absolute Gasteiger partial charge is 0.463 e. The molecule has 0 spiro atoms. The Balaban J connectivity index is 2.83. The maximum Gasteiger partial charge on any atom is 0.313 e. The van der Waals surface area contributed by atoms with Crippen LogP contribution < -0.4 is 0 Å². The SMILES string of the molecule is CC(C)(C)C1(C(=O)OCCO)CC1(C)C. The van der Waals surface area contributed by atoms with Crippen molar-refractivity contribution in [1.82, 2.24) is 0 Å². The molecule has 88 valence electrons. The van der Waals surface area contributed by atoms with Crippen molar-refractivity contribution < 1.29 is 14.6 Å². The molecule has 1 N–H and O–H groups in total. The van der Waals surface area contributed by atoms with E-state index in [1.807, 2.05) is 0 Å². The van der Waals surface area contributed by atoms with E-state index >= 15 is 0 Å². The van der Waals surface area contributed by atoms with Gasteiger partial charge in [-0.05, 0) is 17.3 Å². The van der Waals surface area contributed by atoms with Crippen LogP contribution in [0.25, 0.3) is 0 Å². The highest BCUT2D eigenvalue weighted by Crippen LogP contribution is 2.72. The van der Waals surface area contributed by atoms with E-state index in [2.05, 4.69) is 34.6 Å². The van der Waals surface area contributed by atoms with Crippen LogP contribution in [0.2, 0.25) is 0 Å². The van der Waals surface area contributed by atoms with Crippen molar-refractivity contribution in [2.45, 2.75) is 41.0 Å². The molecule has 0 radical (unpaired) electrons. The first-order chi connectivity index (χ1) is 6.69. The second-order valence-corrected chi connectivity index (χ2v) is 6.08. The molecule has 1 unspecified atom stereocenters. The monoisotopic (exact) mass is 214 g/mol. The summed E-state index contributed by atoms with van der Waals surface area (Å²) in [5.74, 6) is -0.158. The molecular weight excluding hydrogens is 192 g/mol. The molecule has 0 aliphatic heterocycles. The van der Waals surface area contributed by atoms with E-state index in [-0.39, 0.29) is 35.4 Å². The molecule has 1 atom stereocenters. The van der Waals surface area contributed by atoms with Crippen LogP contribution in [0.4, 0.5) is 0 Å². The highest BCUT2D eigenvalue weighted by atomic mass is 16.5. The number of rotatable bonds is 3. The van der Waals surface area contributed by atoms with Crippen LogP contribution in [0.15, 0.2) is 0 Å². The smallest absolute Gasteiger partial charge is 0.313 e. The fourth-order valence-corrected chi connectivity index (χ4v) is 2.82. The Hall–Kier alpha value is -0.570. The summed E-state index contributed by atoms with van der Waals surface area (Å²) >= 11 is 0. The fourth-order valence-electron chi connectivity index (χ4n) is 2.82. The highest BCUT2D eigenvalue weighted by Gasteiger charge is 2.72. The number of esters is 1. The Labute approximate surface area is 91.8 Å². The van der Waals surface area contributed by atoms with Gasteiger partial charge in [-0.3, -0.25) is 4.79 Å². The van der Waals surface area contributed by atoms with Gasteiger partial charge in [0.1, 0.15) is 6.61 Å². The van der Waals surface area contributed by atoms with Gasteiger partial charge in [0.15, 0.2) is 0 Å². The van der Waals surface area contributed by atoms with Gasteiger partial charge in [-0.2, -0.15) is 0 Å². The third-order valence-corrected chi connectivity index (χ3v) is 3.69. The maximum atomic E-state index is 12.0. The van der Waals surface area contributed by atoms with Gasteiger partial charge in [-0.1, -0.05) is 34.6 Å². The van der Waals surface area contributed by atoms with Gasteiger partial charge in [0.2, 0.25) is 0 Å². The summed E-state index contributed by atoms with van der Waals surface area (Å²) in [4.78, 5) is 12.0. The third-order valence-electron chi connectivity index (χ3n) is 3.69. The molecule has 1 fully saturated rings. The van der Waals surface area contributed by atoms with Gasteiger partial charge in [-0.15, -0.1) is 0 Å². The lowest BCUT2D eigenvalue weighted by atomic mass is 9.73. The average molecular weight is 214 g/mol. The van der Waals surface area contributed by atoms with Crippen molar-refractivity contribution in [3.63, 3.8) is 0 Å². The fraction of sp³-hybridized carbons (Fsp3) is 0.917. The lowest BCUT2D eigenvalue weighted by Crippen LogP contribution is -2.36. The molecule has 15 heavy (non-hydrogen) atoms. The molecular formula is C12H22O3. The average Bonchev–Trinajstić information content (AvgIpc) is 2.66. The second-order valence-electron chi connectivity index (χ2n) is 6.08. The minimum atomic E-state index is -0.380. The predicted molar refractivity (Wildman–Crippen MR) is 58.3 cm³/mol. The van der Waals surface area contributed by atoms with Crippen LogP contribution in [0.1, 0.15) is 41.0 Å². The topological polar surface area (TPSA) is 46.5 Å². The summed E-state index contributed by atoms with van der Waals surface area (Å²) in [5, 5.41) is 8.66. The lowest BCUT2D eigenvalue weighted by Gasteiger charge is -2.32. The summed E-state index contributed by atoms with van der Waals surface area (Å²) in [6, 6.07) is 0. The quantitative estimate of drug-likeness (QED) is 0.731. The molecule has 3 nitrogen and oxygen atoms in total. The highest BCUT2D eigenvalue weighted by molar-refractivity contribution is 5.82. The molecule has 1 aliphatic rings. The number of carbonyl (C=O) groups excluding carboxylic acids is 1. The number of hydrogen-bond acceptors (Lipinski definition) is 3. The number of ether oxygens (including phenoxy) is 1. The summed E-state index contributed by atoms with van der Waals surface area (Å²) in [6.45, 7) is 10.4.